The maximum atomic E-state index is 10.1. The fourth-order valence-electron chi connectivity index (χ4n) is 0.269. The molecule has 0 amide bonds. The molecular formula is C5H8ClNO2S. The summed E-state index contributed by atoms with van der Waals surface area (Å²) >= 11 is 6.48. The van der Waals surface area contributed by atoms with Gasteiger partial charge in [0, 0.05) is 5.75 Å². The Morgan fingerprint density at radius 3 is 2.70 bits per heavy atom. The lowest BCUT2D eigenvalue weighted by atomic mass is 10.5. The van der Waals surface area contributed by atoms with E-state index in [4.69, 9.17) is 22.1 Å². The number of halogens is 1. The van der Waals surface area contributed by atoms with Crippen molar-refractivity contribution in [1.82, 2.24) is 0 Å². The molecule has 10 heavy (non-hydrogen) atoms. The molecule has 58 valence electrons. The van der Waals surface area contributed by atoms with Crippen LogP contribution in [0.4, 0.5) is 0 Å². The fraction of sp³-hybridized carbons (Fsp3) is 0.600. The van der Waals surface area contributed by atoms with E-state index in [1.54, 1.807) is 6.92 Å². The van der Waals surface area contributed by atoms with Gasteiger partial charge in [-0.05, 0) is 6.92 Å². The SMILES string of the molecule is CC(=N)SCC(Cl)C(=O)O. The number of rotatable bonds is 3. The number of carboxylic acids is 1. The second kappa shape index (κ2) is 4.57. The van der Waals surface area contributed by atoms with Crippen molar-refractivity contribution in [3.63, 3.8) is 0 Å². The van der Waals surface area contributed by atoms with Crippen LogP contribution in [0.25, 0.3) is 0 Å². The molecule has 0 aliphatic rings. The zero-order valence-electron chi connectivity index (χ0n) is 5.43. The van der Waals surface area contributed by atoms with Crippen LogP contribution in [0.3, 0.4) is 0 Å². The van der Waals surface area contributed by atoms with Crippen molar-refractivity contribution in [3.05, 3.63) is 0 Å². The topological polar surface area (TPSA) is 61.2 Å². The molecule has 0 rings (SSSR count). The van der Waals surface area contributed by atoms with Crippen LogP contribution in [-0.4, -0.2) is 27.2 Å². The Morgan fingerprint density at radius 2 is 2.40 bits per heavy atom. The van der Waals surface area contributed by atoms with Crippen LogP contribution in [-0.2, 0) is 4.79 Å². The summed E-state index contributed by atoms with van der Waals surface area (Å²) in [5.74, 6) is -0.776. The van der Waals surface area contributed by atoms with E-state index in [0.29, 0.717) is 5.04 Å². The second-order valence-corrected chi connectivity index (χ2v) is 3.43. The molecule has 0 aromatic heterocycles. The molecule has 0 saturated carbocycles. The normalized spacial score (nSPS) is 12.6. The monoisotopic (exact) mass is 181 g/mol. The minimum atomic E-state index is -1.03. The van der Waals surface area contributed by atoms with Crippen molar-refractivity contribution in [2.24, 2.45) is 0 Å². The van der Waals surface area contributed by atoms with Gasteiger partial charge in [0.1, 0.15) is 5.38 Å². The van der Waals surface area contributed by atoms with Gasteiger partial charge >= 0.3 is 5.97 Å². The molecule has 0 spiro atoms. The van der Waals surface area contributed by atoms with Gasteiger partial charge in [-0.1, -0.05) is 0 Å². The third kappa shape index (κ3) is 4.64. The molecule has 1 unspecified atom stereocenters. The van der Waals surface area contributed by atoms with Crippen molar-refractivity contribution >= 4 is 34.4 Å². The number of carboxylic acid groups (broad SMARTS) is 1. The van der Waals surface area contributed by atoms with Gasteiger partial charge in [0.25, 0.3) is 0 Å². The van der Waals surface area contributed by atoms with Gasteiger partial charge in [0.05, 0.1) is 5.04 Å². The Balaban J connectivity index is 3.49. The van der Waals surface area contributed by atoms with Crippen LogP contribution in [0.1, 0.15) is 6.92 Å². The molecule has 0 aliphatic heterocycles. The highest BCUT2D eigenvalue weighted by molar-refractivity contribution is 8.13. The predicted molar refractivity (Wildman–Crippen MR) is 43.1 cm³/mol. The highest BCUT2D eigenvalue weighted by Gasteiger charge is 2.12. The molecule has 0 saturated heterocycles. The Labute approximate surface area is 68.3 Å². The van der Waals surface area contributed by atoms with Crippen molar-refractivity contribution < 1.29 is 9.90 Å². The van der Waals surface area contributed by atoms with Crippen molar-refractivity contribution in [2.75, 3.05) is 5.75 Å². The first-order valence-corrected chi connectivity index (χ1v) is 4.01. The zero-order chi connectivity index (χ0) is 8.15. The van der Waals surface area contributed by atoms with Crippen molar-refractivity contribution in [2.45, 2.75) is 12.3 Å². The first kappa shape index (κ1) is 9.78. The third-order valence-corrected chi connectivity index (χ3v) is 2.17. The molecule has 2 N–H and O–H groups in total. The number of nitrogens with one attached hydrogen (secondary N) is 1. The fourth-order valence-corrected chi connectivity index (χ4v) is 0.997. The molecule has 0 aromatic rings. The highest BCUT2D eigenvalue weighted by atomic mass is 35.5. The molecule has 5 heteroatoms. The van der Waals surface area contributed by atoms with Gasteiger partial charge in [-0.15, -0.1) is 23.4 Å². The van der Waals surface area contributed by atoms with Crippen LogP contribution in [0.15, 0.2) is 0 Å². The van der Waals surface area contributed by atoms with E-state index in [-0.39, 0.29) is 5.75 Å². The number of hydrogen-bond donors (Lipinski definition) is 2. The lowest BCUT2D eigenvalue weighted by molar-refractivity contribution is -0.136. The average molecular weight is 182 g/mol. The molecule has 0 aromatic carbocycles. The molecule has 0 bridgehead atoms. The molecule has 0 aliphatic carbocycles. The molecule has 0 heterocycles. The van der Waals surface area contributed by atoms with E-state index >= 15 is 0 Å². The lowest BCUT2D eigenvalue weighted by Gasteiger charge is -2.00. The number of alkyl halides is 1. The van der Waals surface area contributed by atoms with Crippen molar-refractivity contribution in [3.8, 4) is 0 Å². The van der Waals surface area contributed by atoms with Crippen LogP contribution < -0.4 is 0 Å². The summed E-state index contributed by atoms with van der Waals surface area (Å²) in [7, 11) is 0. The minimum absolute atomic E-state index is 0.256. The standard InChI is InChI=1S/C5H8ClNO2S/c1-3(7)10-2-4(6)5(8)9/h4,7H,2H2,1H3,(H,8,9). The van der Waals surface area contributed by atoms with Gasteiger partial charge in [-0.3, -0.25) is 10.2 Å². The largest absolute Gasteiger partial charge is 0.480 e. The predicted octanol–water partition coefficient (Wildman–Crippen LogP) is 1.41. The first-order valence-electron chi connectivity index (χ1n) is 2.59. The Bertz CT molecular complexity index is 151. The quantitative estimate of drug-likeness (QED) is 0.393. The van der Waals surface area contributed by atoms with Gasteiger partial charge in [0.15, 0.2) is 0 Å². The van der Waals surface area contributed by atoms with E-state index in [0.717, 1.165) is 11.8 Å². The first-order chi connectivity index (χ1) is 4.54. The lowest BCUT2D eigenvalue weighted by Crippen LogP contribution is -2.16. The molecule has 3 nitrogen and oxygen atoms in total. The summed E-state index contributed by atoms with van der Waals surface area (Å²) in [6.07, 6.45) is 0. The van der Waals surface area contributed by atoms with Crippen LogP contribution in [0.5, 0.6) is 0 Å². The summed E-state index contributed by atoms with van der Waals surface area (Å²) < 4.78 is 0. The Hall–Kier alpha value is -0.220. The van der Waals surface area contributed by atoms with Crippen molar-refractivity contribution in [1.29, 1.82) is 5.41 Å². The Kier molecular flexibility index (Phi) is 4.47. The zero-order valence-corrected chi connectivity index (χ0v) is 7.00. The van der Waals surface area contributed by atoms with E-state index < -0.39 is 11.3 Å². The number of carbonyl (C=O) groups is 1. The maximum Gasteiger partial charge on any atom is 0.322 e. The number of hydrogen-bond acceptors (Lipinski definition) is 3. The van der Waals surface area contributed by atoms with Crippen LogP contribution >= 0.6 is 23.4 Å². The van der Waals surface area contributed by atoms with E-state index in [1.165, 1.54) is 0 Å². The van der Waals surface area contributed by atoms with Gasteiger partial charge < -0.3 is 5.11 Å². The summed E-state index contributed by atoms with van der Waals surface area (Å²) in [5, 5.41) is 14.7. The summed E-state index contributed by atoms with van der Waals surface area (Å²) in [4.78, 5) is 10.1. The minimum Gasteiger partial charge on any atom is -0.480 e. The molecule has 0 fully saturated rings. The van der Waals surface area contributed by atoms with E-state index in [2.05, 4.69) is 0 Å². The van der Waals surface area contributed by atoms with Crippen LogP contribution in [0, 0.1) is 5.41 Å². The van der Waals surface area contributed by atoms with E-state index in [1.807, 2.05) is 0 Å². The van der Waals surface area contributed by atoms with Crippen LogP contribution in [0.2, 0.25) is 0 Å². The summed E-state index contributed by atoms with van der Waals surface area (Å²) in [5.41, 5.74) is 0. The summed E-state index contributed by atoms with van der Waals surface area (Å²) in [6, 6.07) is 0. The number of thioether (sulfide) groups is 1. The molecular weight excluding hydrogens is 174 g/mol. The van der Waals surface area contributed by atoms with Gasteiger partial charge in [0.2, 0.25) is 0 Å². The smallest absolute Gasteiger partial charge is 0.322 e. The Morgan fingerprint density at radius 1 is 1.90 bits per heavy atom. The maximum absolute atomic E-state index is 10.1. The average Bonchev–Trinajstić information content (AvgIpc) is 1.82. The molecule has 1 atom stereocenters. The highest BCUT2D eigenvalue weighted by Crippen LogP contribution is 2.08. The molecule has 0 radical (unpaired) electrons. The number of aliphatic carboxylic acids is 1. The van der Waals surface area contributed by atoms with Gasteiger partial charge in [-0.25, -0.2) is 0 Å². The van der Waals surface area contributed by atoms with E-state index in [9.17, 15) is 4.79 Å². The third-order valence-electron chi connectivity index (χ3n) is 0.714. The second-order valence-electron chi connectivity index (χ2n) is 1.67. The summed E-state index contributed by atoms with van der Waals surface area (Å²) in [6.45, 7) is 1.59. The van der Waals surface area contributed by atoms with Gasteiger partial charge in [-0.2, -0.15) is 0 Å².